The van der Waals surface area contributed by atoms with Crippen molar-refractivity contribution in [2.45, 2.75) is 25.9 Å². The predicted octanol–water partition coefficient (Wildman–Crippen LogP) is 2.47. The molecule has 5 heteroatoms. The lowest BCUT2D eigenvalue weighted by Crippen LogP contribution is -2.33. The van der Waals surface area contributed by atoms with Crippen LogP contribution in [0.2, 0.25) is 0 Å². The number of nitrogens with zero attached hydrogens (tertiary/aromatic N) is 3. The second kappa shape index (κ2) is 6.49. The van der Waals surface area contributed by atoms with Gasteiger partial charge in [-0.2, -0.15) is 5.26 Å². The quantitative estimate of drug-likeness (QED) is 0.942. The van der Waals surface area contributed by atoms with Gasteiger partial charge in [-0.15, -0.1) is 0 Å². The monoisotopic (exact) mass is 306 g/mol. The molecule has 0 bridgehead atoms. The van der Waals surface area contributed by atoms with Crippen LogP contribution in [-0.2, 0) is 11.3 Å². The number of aryl methyl sites for hydroxylation is 1. The van der Waals surface area contributed by atoms with Crippen molar-refractivity contribution in [3.63, 3.8) is 0 Å². The Labute approximate surface area is 135 Å². The standard InChI is InChI=1S/C18H18N4O/c1-13-5-7-14(8-6-13)12-22-10-9-16(18(22)23)21-17-4-2-3-15(11-19)20-17/h2-8,16H,9-10,12H2,1H3,(H,20,21). The van der Waals surface area contributed by atoms with E-state index in [0.29, 0.717) is 18.1 Å². The lowest BCUT2D eigenvalue weighted by molar-refractivity contribution is -0.128. The van der Waals surface area contributed by atoms with Gasteiger partial charge in [0.05, 0.1) is 0 Å². The van der Waals surface area contributed by atoms with Crippen LogP contribution in [0.5, 0.6) is 0 Å². The van der Waals surface area contributed by atoms with Crippen molar-refractivity contribution in [2.24, 2.45) is 0 Å². The van der Waals surface area contributed by atoms with Crippen molar-refractivity contribution in [1.82, 2.24) is 9.88 Å². The van der Waals surface area contributed by atoms with Gasteiger partial charge in [0.1, 0.15) is 23.6 Å². The SMILES string of the molecule is Cc1ccc(CN2CCC(Nc3cccc(C#N)n3)C2=O)cc1. The normalized spacial score (nSPS) is 17.1. The Kier molecular flexibility index (Phi) is 4.24. The van der Waals surface area contributed by atoms with Crippen LogP contribution < -0.4 is 5.32 Å². The van der Waals surface area contributed by atoms with Crippen LogP contribution in [0.1, 0.15) is 23.2 Å². The second-order valence-corrected chi connectivity index (χ2v) is 5.75. The first-order chi connectivity index (χ1) is 11.2. The zero-order chi connectivity index (χ0) is 16.2. The zero-order valence-electron chi connectivity index (χ0n) is 13.0. The number of carbonyl (C=O) groups excluding carboxylic acids is 1. The van der Waals surface area contributed by atoms with Gasteiger partial charge in [0.2, 0.25) is 5.91 Å². The van der Waals surface area contributed by atoms with Crippen molar-refractivity contribution < 1.29 is 4.79 Å². The van der Waals surface area contributed by atoms with E-state index in [2.05, 4.69) is 34.6 Å². The maximum absolute atomic E-state index is 12.5. The van der Waals surface area contributed by atoms with E-state index < -0.39 is 0 Å². The fraction of sp³-hybridized carbons (Fsp3) is 0.278. The second-order valence-electron chi connectivity index (χ2n) is 5.75. The molecule has 1 fully saturated rings. The highest BCUT2D eigenvalue weighted by Crippen LogP contribution is 2.19. The number of hydrogen-bond donors (Lipinski definition) is 1. The molecule has 1 unspecified atom stereocenters. The lowest BCUT2D eigenvalue weighted by Gasteiger charge is -2.17. The number of nitrogens with one attached hydrogen (secondary N) is 1. The number of aromatic nitrogens is 1. The van der Waals surface area contributed by atoms with Crippen molar-refractivity contribution >= 4 is 11.7 Å². The minimum absolute atomic E-state index is 0.0785. The summed E-state index contributed by atoms with van der Waals surface area (Å²) in [4.78, 5) is 18.5. The number of carbonyl (C=O) groups is 1. The Hall–Kier alpha value is -2.87. The van der Waals surface area contributed by atoms with Crippen molar-refractivity contribution in [1.29, 1.82) is 5.26 Å². The van der Waals surface area contributed by atoms with Crippen LogP contribution in [-0.4, -0.2) is 28.4 Å². The summed E-state index contributed by atoms with van der Waals surface area (Å²) in [6.07, 6.45) is 0.739. The minimum Gasteiger partial charge on any atom is -0.358 e. The third-order valence-corrected chi connectivity index (χ3v) is 3.98. The molecule has 1 atom stereocenters. The van der Waals surface area contributed by atoms with Gasteiger partial charge in [-0.1, -0.05) is 35.9 Å². The average molecular weight is 306 g/mol. The van der Waals surface area contributed by atoms with Gasteiger partial charge in [0.15, 0.2) is 0 Å². The topological polar surface area (TPSA) is 69.0 Å². The molecule has 1 aliphatic heterocycles. The van der Waals surface area contributed by atoms with Crippen LogP contribution in [0.3, 0.4) is 0 Å². The van der Waals surface area contributed by atoms with E-state index in [0.717, 1.165) is 18.5 Å². The molecule has 23 heavy (non-hydrogen) atoms. The molecule has 2 heterocycles. The summed E-state index contributed by atoms with van der Waals surface area (Å²) in [5.41, 5.74) is 2.69. The van der Waals surface area contributed by atoms with E-state index in [1.165, 1.54) is 5.56 Å². The zero-order valence-corrected chi connectivity index (χ0v) is 13.0. The number of benzene rings is 1. The summed E-state index contributed by atoms with van der Waals surface area (Å²) in [5.74, 6) is 0.648. The van der Waals surface area contributed by atoms with Gasteiger partial charge < -0.3 is 10.2 Å². The number of rotatable bonds is 4. The molecule has 1 aromatic carbocycles. The Morgan fingerprint density at radius 2 is 2.09 bits per heavy atom. The van der Waals surface area contributed by atoms with Crippen LogP contribution in [0, 0.1) is 18.3 Å². The largest absolute Gasteiger partial charge is 0.358 e. The summed E-state index contributed by atoms with van der Waals surface area (Å²) in [7, 11) is 0. The molecular weight excluding hydrogens is 288 g/mol. The molecule has 1 aromatic heterocycles. The molecule has 0 saturated carbocycles. The van der Waals surface area contributed by atoms with E-state index >= 15 is 0 Å². The summed E-state index contributed by atoms with van der Waals surface area (Å²) in [5, 5.41) is 12.0. The van der Waals surface area contributed by atoms with Crippen molar-refractivity contribution in [3.05, 3.63) is 59.3 Å². The van der Waals surface area contributed by atoms with Crippen LogP contribution >= 0.6 is 0 Å². The van der Waals surface area contributed by atoms with E-state index in [-0.39, 0.29) is 11.9 Å². The van der Waals surface area contributed by atoms with Crippen molar-refractivity contribution in [3.8, 4) is 6.07 Å². The van der Waals surface area contributed by atoms with Gasteiger partial charge in [-0.3, -0.25) is 4.79 Å². The van der Waals surface area contributed by atoms with Crippen LogP contribution in [0.15, 0.2) is 42.5 Å². The molecule has 0 aliphatic carbocycles. The summed E-state index contributed by atoms with van der Waals surface area (Å²) in [6, 6.07) is 15.1. The maximum atomic E-state index is 12.5. The Morgan fingerprint density at radius 3 is 2.83 bits per heavy atom. The molecule has 5 nitrogen and oxygen atoms in total. The fourth-order valence-electron chi connectivity index (χ4n) is 2.70. The molecule has 2 aromatic rings. The number of nitriles is 1. The first-order valence-corrected chi connectivity index (χ1v) is 7.64. The molecule has 1 N–H and O–H groups in total. The average Bonchev–Trinajstić information content (AvgIpc) is 2.90. The first-order valence-electron chi connectivity index (χ1n) is 7.64. The van der Waals surface area contributed by atoms with Gasteiger partial charge in [-0.25, -0.2) is 4.98 Å². The van der Waals surface area contributed by atoms with Crippen LogP contribution in [0.4, 0.5) is 5.82 Å². The predicted molar refractivity (Wildman–Crippen MR) is 87.6 cm³/mol. The molecule has 0 radical (unpaired) electrons. The molecule has 3 rings (SSSR count). The van der Waals surface area contributed by atoms with Gasteiger partial charge in [-0.05, 0) is 31.0 Å². The van der Waals surface area contributed by atoms with Crippen LogP contribution in [0.25, 0.3) is 0 Å². The lowest BCUT2D eigenvalue weighted by atomic mass is 10.1. The van der Waals surface area contributed by atoms with Gasteiger partial charge in [0, 0.05) is 13.1 Å². The number of hydrogen-bond acceptors (Lipinski definition) is 4. The summed E-state index contributed by atoms with van der Waals surface area (Å²) < 4.78 is 0. The van der Waals surface area contributed by atoms with E-state index in [4.69, 9.17) is 5.26 Å². The fourth-order valence-corrected chi connectivity index (χ4v) is 2.70. The van der Waals surface area contributed by atoms with Crippen molar-refractivity contribution in [2.75, 3.05) is 11.9 Å². The highest BCUT2D eigenvalue weighted by Gasteiger charge is 2.31. The first kappa shape index (κ1) is 15.0. The number of anilines is 1. The van der Waals surface area contributed by atoms with E-state index in [9.17, 15) is 4.79 Å². The molecule has 116 valence electrons. The molecule has 1 amide bonds. The third kappa shape index (κ3) is 3.49. The molecule has 1 aliphatic rings. The Morgan fingerprint density at radius 1 is 1.30 bits per heavy atom. The number of likely N-dealkylation sites (tertiary alicyclic amines) is 1. The molecule has 0 spiro atoms. The molecular formula is C18H18N4O. The summed E-state index contributed by atoms with van der Waals surface area (Å²) >= 11 is 0. The summed E-state index contributed by atoms with van der Waals surface area (Å²) in [6.45, 7) is 3.40. The van der Waals surface area contributed by atoms with E-state index in [1.807, 2.05) is 17.9 Å². The number of amides is 1. The minimum atomic E-state index is -0.276. The third-order valence-electron chi connectivity index (χ3n) is 3.98. The molecule has 1 saturated heterocycles. The highest BCUT2D eigenvalue weighted by molar-refractivity contribution is 5.86. The Bertz CT molecular complexity index is 748. The Balaban J connectivity index is 1.64. The smallest absolute Gasteiger partial charge is 0.245 e. The number of pyridine rings is 1. The maximum Gasteiger partial charge on any atom is 0.245 e. The van der Waals surface area contributed by atoms with Gasteiger partial charge in [0.25, 0.3) is 0 Å². The highest BCUT2D eigenvalue weighted by atomic mass is 16.2. The van der Waals surface area contributed by atoms with E-state index in [1.54, 1.807) is 18.2 Å². The van der Waals surface area contributed by atoms with Gasteiger partial charge >= 0.3 is 0 Å².